The molecule has 5 heteroatoms. The number of hydrogen-bond acceptors (Lipinski definition) is 3. The molecule has 0 aliphatic heterocycles. The van der Waals surface area contributed by atoms with Crippen LogP contribution in [-0.4, -0.2) is 23.0 Å². The SMILES string of the molecule is Cc1cc(NC(C)C(=O)NC(C)C)ncc1Br. The maximum atomic E-state index is 11.7. The Balaban J connectivity index is 2.64. The molecule has 0 bridgehead atoms. The number of carbonyl (C=O) groups excluding carboxylic acids is 1. The highest BCUT2D eigenvalue weighted by molar-refractivity contribution is 9.10. The Bertz CT molecular complexity index is 407. The van der Waals surface area contributed by atoms with E-state index in [9.17, 15) is 4.79 Å². The summed E-state index contributed by atoms with van der Waals surface area (Å²) in [6.45, 7) is 7.67. The molecule has 0 aliphatic carbocycles. The van der Waals surface area contributed by atoms with Crippen LogP contribution in [0.4, 0.5) is 5.82 Å². The van der Waals surface area contributed by atoms with Crippen molar-refractivity contribution in [1.29, 1.82) is 0 Å². The van der Waals surface area contributed by atoms with Crippen LogP contribution in [-0.2, 0) is 4.79 Å². The lowest BCUT2D eigenvalue weighted by molar-refractivity contribution is -0.122. The highest BCUT2D eigenvalue weighted by atomic mass is 79.9. The molecule has 1 amide bonds. The Labute approximate surface area is 110 Å². The molecule has 4 nitrogen and oxygen atoms in total. The van der Waals surface area contributed by atoms with Crippen molar-refractivity contribution in [2.45, 2.75) is 39.8 Å². The van der Waals surface area contributed by atoms with Gasteiger partial charge in [-0.3, -0.25) is 4.79 Å². The van der Waals surface area contributed by atoms with Gasteiger partial charge in [-0.2, -0.15) is 0 Å². The number of halogens is 1. The molecule has 0 saturated carbocycles. The van der Waals surface area contributed by atoms with Gasteiger partial charge in [-0.1, -0.05) is 0 Å². The van der Waals surface area contributed by atoms with Crippen molar-refractivity contribution in [3.05, 3.63) is 22.3 Å². The van der Waals surface area contributed by atoms with E-state index in [2.05, 4.69) is 31.5 Å². The molecular weight excluding hydrogens is 282 g/mol. The van der Waals surface area contributed by atoms with Gasteiger partial charge in [0, 0.05) is 16.7 Å². The number of nitrogens with zero attached hydrogens (tertiary/aromatic N) is 1. The van der Waals surface area contributed by atoms with Crippen LogP contribution in [0.15, 0.2) is 16.7 Å². The molecule has 0 radical (unpaired) electrons. The molecule has 17 heavy (non-hydrogen) atoms. The number of amides is 1. The first-order valence-electron chi connectivity index (χ1n) is 5.59. The summed E-state index contributed by atoms with van der Waals surface area (Å²) in [6, 6.07) is 1.75. The Morgan fingerprint density at radius 3 is 2.59 bits per heavy atom. The minimum Gasteiger partial charge on any atom is -0.359 e. The molecule has 0 aliphatic rings. The van der Waals surface area contributed by atoms with Crippen LogP contribution < -0.4 is 10.6 Å². The highest BCUT2D eigenvalue weighted by Gasteiger charge is 2.13. The first kappa shape index (κ1) is 14.0. The van der Waals surface area contributed by atoms with Crippen molar-refractivity contribution in [2.24, 2.45) is 0 Å². The summed E-state index contributed by atoms with van der Waals surface area (Å²) in [7, 11) is 0. The van der Waals surface area contributed by atoms with Gasteiger partial charge in [0.25, 0.3) is 0 Å². The Morgan fingerprint density at radius 1 is 1.41 bits per heavy atom. The van der Waals surface area contributed by atoms with E-state index in [4.69, 9.17) is 0 Å². The molecule has 0 fully saturated rings. The normalized spacial score (nSPS) is 12.4. The van der Waals surface area contributed by atoms with Crippen molar-refractivity contribution in [2.75, 3.05) is 5.32 Å². The molecular formula is C12H18BrN3O. The van der Waals surface area contributed by atoms with Crippen LogP contribution in [0, 0.1) is 6.92 Å². The molecule has 1 aromatic heterocycles. The van der Waals surface area contributed by atoms with E-state index in [0.717, 1.165) is 10.0 Å². The second-order valence-corrected chi connectivity index (χ2v) is 5.20. The molecule has 1 aromatic rings. The molecule has 0 aromatic carbocycles. The standard InChI is InChI=1S/C12H18BrN3O/c1-7(2)15-12(17)9(4)16-11-5-8(3)10(13)6-14-11/h5-7,9H,1-4H3,(H,14,16)(H,15,17). The maximum Gasteiger partial charge on any atom is 0.242 e. The lowest BCUT2D eigenvalue weighted by atomic mass is 10.2. The minimum atomic E-state index is -0.300. The second kappa shape index (κ2) is 6.00. The largest absolute Gasteiger partial charge is 0.359 e. The zero-order chi connectivity index (χ0) is 13.0. The summed E-state index contributed by atoms with van der Waals surface area (Å²) >= 11 is 3.39. The van der Waals surface area contributed by atoms with Crippen LogP contribution in [0.25, 0.3) is 0 Å². The van der Waals surface area contributed by atoms with Gasteiger partial charge in [-0.05, 0) is 55.3 Å². The molecule has 1 heterocycles. The minimum absolute atomic E-state index is 0.0256. The predicted molar refractivity (Wildman–Crippen MR) is 73.0 cm³/mol. The first-order chi connectivity index (χ1) is 7.90. The summed E-state index contributed by atoms with van der Waals surface area (Å²) in [6.07, 6.45) is 1.73. The van der Waals surface area contributed by atoms with Crippen LogP contribution in [0.1, 0.15) is 26.3 Å². The highest BCUT2D eigenvalue weighted by Crippen LogP contribution is 2.17. The fraction of sp³-hybridized carbons (Fsp3) is 0.500. The molecule has 94 valence electrons. The summed E-state index contributed by atoms with van der Waals surface area (Å²) in [4.78, 5) is 15.9. The van der Waals surface area contributed by atoms with E-state index < -0.39 is 0 Å². The fourth-order valence-corrected chi connectivity index (χ4v) is 1.53. The van der Waals surface area contributed by atoms with E-state index in [0.29, 0.717) is 5.82 Å². The number of aryl methyl sites for hydroxylation is 1. The van der Waals surface area contributed by atoms with Gasteiger partial charge in [-0.15, -0.1) is 0 Å². The van der Waals surface area contributed by atoms with E-state index in [1.807, 2.05) is 33.8 Å². The topological polar surface area (TPSA) is 54.0 Å². The Kier molecular flexibility index (Phi) is 4.93. The smallest absolute Gasteiger partial charge is 0.242 e. The molecule has 1 rings (SSSR count). The van der Waals surface area contributed by atoms with Gasteiger partial charge in [-0.25, -0.2) is 4.98 Å². The average Bonchev–Trinajstić information content (AvgIpc) is 2.22. The molecule has 2 N–H and O–H groups in total. The number of carbonyl (C=O) groups is 1. The average molecular weight is 300 g/mol. The number of anilines is 1. The van der Waals surface area contributed by atoms with E-state index in [1.165, 1.54) is 0 Å². The van der Waals surface area contributed by atoms with E-state index in [1.54, 1.807) is 6.20 Å². The van der Waals surface area contributed by atoms with Crippen LogP contribution >= 0.6 is 15.9 Å². The van der Waals surface area contributed by atoms with Crippen molar-refractivity contribution >= 4 is 27.7 Å². The van der Waals surface area contributed by atoms with Gasteiger partial charge in [0.05, 0.1) is 0 Å². The van der Waals surface area contributed by atoms with Gasteiger partial charge in [0.15, 0.2) is 0 Å². The van der Waals surface area contributed by atoms with E-state index >= 15 is 0 Å². The fourth-order valence-electron chi connectivity index (χ4n) is 1.32. The second-order valence-electron chi connectivity index (χ2n) is 4.35. The van der Waals surface area contributed by atoms with Crippen molar-refractivity contribution in [3.63, 3.8) is 0 Å². The molecule has 0 spiro atoms. The van der Waals surface area contributed by atoms with Gasteiger partial charge in [0.1, 0.15) is 11.9 Å². The molecule has 1 unspecified atom stereocenters. The summed E-state index contributed by atoms with van der Waals surface area (Å²) in [5.74, 6) is 0.680. The van der Waals surface area contributed by atoms with Gasteiger partial charge in [0.2, 0.25) is 5.91 Å². The molecule has 1 atom stereocenters. The maximum absolute atomic E-state index is 11.7. The van der Waals surface area contributed by atoms with Crippen LogP contribution in [0.3, 0.4) is 0 Å². The third-order valence-corrected chi connectivity index (χ3v) is 3.07. The molecule has 0 saturated heterocycles. The summed E-state index contributed by atoms with van der Waals surface area (Å²) in [5.41, 5.74) is 1.08. The van der Waals surface area contributed by atoms with E-state index in [-0.39, 0.29) is 18.0 Å². The van der Waals surface area contributed by atoms with Crippen molar-refractivity contribution in [1.82, 2.24) is 10.3 Å². The third kappa shape index (κ3) is 4.34. The predicted octanol–water partition coefficient (Wildman–Crippen LogP) is 2.48. The van der Waals surface area contributed by atoms with Crippen LogP contribution in [0.5, 0.6) is 0 Å². The van der Waals surface area contributed by atoms with Crippen molar-refractivity contribution < 1.29 is 4.79 Å². The Hall–Kier alpha value is -1.10. The van der Waals surface area contributed by atoms with Gasteiger partial charge < -0.3 is 10.6 Å². The third-order valence-electron chi connectivity index (χ3n) is 2.24. The number of hydrogen-bond donors (Lipinski definition) is 2. The lowest BCUT2D eigenvalue weighted by Gasteiger charge is -2.16. The monoisotopic (exact) mass is 299 g/mol. The number of nitrogens with one attached hydrogen (secondary N) is 2. The zero-order valence-electron chi connectivity index (χ0n) is 10.5. The number of aromatic nitrogens is 1. The summed E-state index contributed by atoms with van der Waals surface area (Å²) < 4.78 is 0.960. The Morgan fingerprint density at radius 2 is 2.06 bits per heavy atom. The van der Waals surface area contributed by atoms with Gasteiger partial charge >= 0.3 is 0 Å². The zero-order valence-corrected chi connectivity index (χ0v) is 12.1. The quantitative estimate of drug-likeness (QED) is 0.898. The number of pyridine rings is 1. The van der Waals surface area contributed by atoms with Crippen LogP contribution in [0.2, 0.25) is 0 Å². The summed E-state index contributed by atoms with van der Waals surface area (Å²) in [5, 5.41) is 5.92. The lowest BCUT2D eigenvalue weighted by Crippen LogP contribution is -2.41. The van der Waals surface area contributed by atoms with Crippen molar-refractivity contribution in [3.8, 4) is 0 Å². The first-order valence-corrected chi connectivity index (χ1v) is 6.38. The number of rotatable bonds is 4.